The van der Waals surface area contributed by atoms with E-state index in [9.17, 15) is 0 Å². The lowest BCUT2D eigenvalue weighted by molar-refractivity contribution is 0.405. The second kappa shape index (κ2) is 18.1. The predicted octanol–water partition coefficient (Wildman–Crippen LogP) is 17.2. The highest BCUT2D eigenvalue weighted by Gasteiger charge is 2.46. The summed E-state index contributed by atoms with van der Waals surface area (Å²) in [4.78, 5) is 0. The normalized spacial score (nSPS) is 14.1. The summed E-state index contributed by atoms with van der Waals surface area (Å²) >= 11 is 0. The number of aryl methyl sites for hydroxylation is 2. The van der Waals surface area contributed by atoms with Gasteiger partial charge in [-0.3, -0.25) is 0 Å². The lowest BCUT2D eigenvalue weighted by Crippen LogP contribution is -2.58. The number of hydrogen-bond acceptors (Lipinski definition) is 4. The molecule has 4 aliphatic heterocycles. The number of fused-ring (bicyclic) bond motifs is 8. The third-order valence-corrected chi connectivity index (χ3v) is 19.5. The standard InChI is InChI=1S/C78H80B2O4/c1-39(2)43-28-47(40(3)4)67(56(29-43)76(10,11)12)48-35-50-54-25-42(6)27-65-73(54)79(59-23-21-41(5)26-63(59)83-65)62-38-53-49(68-57(77(13,14)15)30-44(75(7,8)9)31-58(68)78(16,17)18)36-51-55-32-46(82-20)34-66-74(55)80(60-24-22-45(81-19)33-64(60)84-66)61-37-52(48)71(69(50)62)72(53)70(51)61/h21-40H,1-20H3. The van der Waals surface area contributed by atoms with Crippen molar-refractivity contribution < 1.29 is 18.9 Å². The summed E-state index contributed by atoms with van der Waals surface area (Å²) in [6, 6.07) is 43.3. The summed E-state index contributed by atoms with van der Waals surface area (Å²) in [5.41, 5.74) is 27.4. The van der Waals surface area contributed by atoms with Gasteiger partial charge in [0.25, 0.3) is 13.4 Å². The zero-order chi connectivity index (χ0) is 59.5. The molecule has 0 amide bonds. The van der Waals surface area contributed by atoms with Crippen LogP contribution in [0.5, 0.6) is 34.5 Å². The molecule has 10 aromatic rings. The van der Waals surface area contributed by atoms with E-state index in [0.29, 0.717) is 5.92 Å². The second-order valence-electron chi connectivity index (χ2n) is 30.1. The van der Waals surface area contributed by atoms with Crippen molar-refractivity contribution in [1.29, 1.82) is 0 Å². The molecule has 0 radical (unpaired) electrons. The van der Waals surface area contributed by atoms with Gasteiger partial charge >= 0.3 is 0 Å². The lowest BCUT2D eigenvalue weighted by Gasteiger charge is -2.39. The minimum absolute atomic E-state index is 0.0798. The summed E-state index contributed by atoms with van der Waals surface area (Å²) < 4.78 is 26.6. The summed E-state index contributed by atoms with van der Waals surface area (Å²) in [5.74, 6) is 5.66. The summed E-state index contributed by atoms with van der Waals surface area (Å²) in [5, 5.41) is 7.87. The van der Waals surface area contributed by atoms with Crippen LogP contribution in [0.2, 0.25) is 0 Å². The quantitative estimate of drug-likeness (QED) is 0.123. The van der Waals surface area contributed by atoms with Gasteiger partial charge in [0.15, 0.2) is 0 Å². The topological polar surface area (TPSA) is 36.9 Å². The Balaban J connectivity index is 1.30. The molecule has 0 aromatic heterocycles. The van der Waals surface area contributed by atoms with Crippen molar-refractivity contribution >= 4 is 78.5 Å². The van der Waals surface area contributed by atoms with Crippen molar-refractivity contribution in [2.75, 3.05) is 14.2 Å². The van der Waals surface area contributed by atoms with E-state index in [4.69, 9.17) is 18.9 Å². The fraction of sp³-hybridized carbons (Fsp3) is 0.333. The van der Waals surface area contributed by atoms with Crippen LogP contribution in [0.15, 0.2) is 109 Å². The van der Waals surface area contributed by atoms with Crippen LogP contribution in [0, 0.1) is 13.8 Å². The third kappa shape index (κ3) is 7.86. The number of benzene rings is 10. The molecule has 10 aromatic carbocycles. The zero-order valence-electron chi connectivity index (χ0n) is 53.3. The molecule has 0 atom stereocenters. The average Bonchev–Trinajstić information content (AvgIpc) is 0.711. The van der Waals surface area contributed by atoms with Crippen LogP contribution in [-0.4, -0.2) is 27.6 Å². The van der Waals surface area contributed by atoms with Gasteiger partial charge in [0.2, 0.25) is 0 Å². The molecule has 0 bridgehead atoms. The van der Waals surface area contributed by atoms with Gasteiger partial charge in [-0.25, -0.2) is 0 Å². The lowest BCUT2D eigenvalue weighted by atomic mass is 9.31. The fourth-order valence-corrected chi connectivity index (χ4v) is 15.3. The van der Waals surface area contributed by atoms with Crippen molar-refractivity contribution in [3.05, 3.63) is 154 Å². The van der Waals surface area contributed by atoms with Crippen LogP contribution in [-0.2, 0) is 21.7 Å². The van der Waals surface area contributed by atoms with Crippen LogP contribution in [0.3, 0.4) is 0 Å². The van der Waals surface area contributed by atoms with E-state index in [0.717, 1.165) is 45.5 Å². The summed E-state index contributed by atoms with van der Waals surface area (Å²) in [6.07, 6.45) is 0. The first-order valence-electron chi connectivity index (χ1n) is 30.8. The highest BCUT2D eigenvalue weighted by molar-refractivity contribution is 7.01. The van der Waals surface area contributed by atoms with Gasteiger partial charge < -0.3 is 18.9 Å². The van der Waals surface area contributed by atoms with Crippen LogP contribution in [0.25, 0.3) is 76.8 Å². The van der Waals surface area contributed by atoms with Gasteiger partial charge in [-0.15, -0.1) is 0 Å². The van der Waals surface area contributed by atoms with Gasteiger partial charge in [0, 0.05) is 12.1 Å². The van der Waals surface area contributed by atoms with Crippen LogP contribution in [0.4, 0.5) is 0 Å². The molecule has 0 spiro atoms. The van der Waals surface area contributed by atoms with Crippen molar-refractivity contribution in [2.24, 2.45) is 0 Å². The van der Waals surface area contributed by atoms with Gasteiger partial charge in [-0.1, -0.05) is 182 Å². The molecule has 0 N–H and O–H groups in total. The van der Waals surface area contributed by atoms with E-state index >= 15 is 0 Å². The first-order valence-corrected chi connectivity index (χ1v) is 30.8. The highest BCUT2D eigenvalue weighted by Crippen LogP contribution is 2.55. The van der Waals surface area contributed by atoms with E-state index in [1.807, 2.05) is 0 Å². The second-order valence-corrected chi connectivity index (χ2v) is 30.1. The molecule has 6 heteroatoms. The highest BCUT2D eigenvalue weighted by atomic mass is 16.5. The van der Waals surface area contributed by atoms with E-state index in [-0.39, 0.29) is 41.0 Å². The molecule has 84 heavy (non-hydrogen) atoms. The molecular weight excluding hydrogens is 1020 g/mol. The Hall–Kier alpha value is -7.43. The molecule has 4 heterocycles. The Labute approximate surface area is 499 Å². The smallest absolute Gasteiger partial charge is 0.252 e. The van der Waals surface area contributed by atoms with Crippen molar-refractivity contribution in [1.82, 2.24) is 0 Å². The first-order chi connectivity index (χ1) is 39.5. The Kier molecular flexibility index (Phi) is 11.7. The minimum Gasteiger partial charge on any atom is -0.497 e. The van der Waals surface area contributed by atoms with Crippen LogP contribution in [0.1, 0.15) is 167 Å². The van der Waals surface area contributed by atoms with E-state index in [1.54, 1.807) is 14.2 Å². The maximum atomic E-state index is 7.19. The monoisotopic (exact) mass is 1100 g/mol. The minimum atomic E-state index is -0.224. The molecule has 0 fully saturated rings. The Bertz CT molecular complexity index is 4490. The Morgan fingerprint density at radius 2 is 0.857 bits per heavy atom. The summed E-state index contributed by atoms with van der Waals surface area (Å²) in [7, 11) is 3.52. The molecule has 4 aliphatic rings. The number of hydrogen-bond donors (Lipinski definition) is 0. The molecule has 0 saturated heterocycles. The van der Waals surface area contributed by atoms with Gasteiger partial charge in [0.05, 0.1) is 14.2 Å². The maximum Gasteiger partial charge on any atom is 0.252 e. The summed E-state index contributed by atoms with van der Waals surface area (Å²) in [6.45, 7) is 42.6. The first kappa shape index (κ1) is 54.5. The van der Waals surface area contributed by atoms with Gasteiger partial charge in [-0.05, 0) is 227 Å². The number of rotatable bonds is 6. The SMILES string of the molecule is COc1ccc2c(c1)Oc1cc(OC)cc3c1B2c1cc2c(-c4c(C(C)C)cc(C(C)C)cc4C(C)(C)C)cc4c5c(cc6c(-c7c(C(C)(C)C)cc(C(C)(C)C)cc7C(C)(C)C)cc-3c1c6c25)B1c2ccc(C)cc2Oc2cc(C)cc-4c21. The van der Waals surface area contributed by atoms with Gasteiger partial charge in [0.1, 0.15) is 34.5 Å². The Morgan fingerprint density at radius 1 is 0.381 bits per heavy atom. The van der Waals surface area contributed by atoms with Crippen molar-refractivity contribution in [2.45, 2.75) is 158 Å². The third-order valence-electron chi connectivity index (χ3n) is 19.5. The molecule has 0 aliphatic carbocycles. The maximum absolute atomic E-state index is 7.19. The van der Waals surface area contributed by atoms with E-state index < -0.39 is 0 Å². The van der Waals surface area contributed by atoms with Gasteiger partial charge in [-0.2, -0.15) is 0 Å². The molecule has 0 unspecified atom stereocenters. The van der Waals surface area contributed by atoms with Crippen LogP contribution < -0.4 is 51.7 Å². The number of ether oxygens (including phenoxy) is 4. The largest absolute Gasteiger partial charge is 0.497 e. The Morgan fingerprint density at radius 3 is 1.37 bits per heavy atom. The zero-order valence-corrected chi connectivity index (χ0v) is 53.3. The predicted molar refractivity (Wildman–Crippen MR) is 360 cm³/mol. The molecular formula is C78H80B2O4. The fourth-order valence-electron chi connectivity index (χ4n) is 15.3. The van der Waals surface area contributed by atoms with E-state index in [2.05, 4.69) is 234 Å². The van der Waals surface area contributed by atoms with Crippen molar-refractivity contribution in [3.63, 3.8) is 0 Å². The van der Waals surface area contributed by atoms with Crippen molar-refractivity contribution in [3.8, 4) is 79.0 Å². The molecule has 0 saturated carbocycles. The average molecular weight is 1100 g/mol. The number of methoxy groups -OCH3 is 2. The molecule has 422 valence electrons. The van der Waals surface area contributed by atoms with Crippen LogP contribution >= 0.6 is 0 Å². The van der Waals surface area contributed by atoms with E-state index in [1.165, 1.54) is 143 Å². The molecule has 14 rings (SSSR count). The molecule has 4 nitrogen and oxygen atoms in total.